The average molecular weight is 472 g/mol. The fourth-order valence-electron chi connectivity index (χ4n) is 3.86. The van der Waals surface area contributed by atoms with Gasteiger partial charge in [-0.15, -0.1) is 0 Å². The predicted molar refractivity (Wildman–Crippen MR) is 143 cm³/mol. The Morgan fingerprint density at radius 2 is 0.972 bits per heavy atom. The van der Waals surface area contributed by atoms with Gasteiger partial charge in [-0.3, -0.25) is 0 Å². The first-order valence-corrected chi connectivity index (χ1v) is 12.0. The van der Waals surface area contributed by atoms with Gasteiger partial charge in [-0.2, -0.15) is 0 Å². The van der Waals surface area contributed by atoms with E-state index in [4.69, 9.17) is 14.2 Å². The minimum atomic E-state index is 0.436. The van der Waals surface area contributed by atoms with E-state index in [1.807, 2.05) is 91.0 Å². The minimum Gasteiger partial charge on any atom is -0.489 e. The van der Waals surface area contributed by atoms with Gasteiger partial charge in [0, 0.05) is 5.56 Å². The largest absolute Gasteiger partial charge is 0.489 e. The Morgan fingerprint density at radius 3 is 1.53 bits per heavy atom. The Labute approximate surface area is 212 Å². The molecule has 5 rings (SSSR count). The zero-order valence-corrected chi connectivity index (χ0v) is 20.0. The second kappa shape index (κ2) is 11.8. The third-order valence-corrected chi connectivity index (χ3v) is 5.77. The highest BCUT2D eigenvalue weighted by Crippen LogP contribution is 2.39. The minimum absolute atomic E-state index is 0.436. The molecular weight excluding hydrogens is 444 g/mol. The van der Waals surface area contributed by atoms with Crippen molar-refractivity contribution in [2.75, 3.05) is 0 Å². The maximum atomic E-state index is 6.35. The summed E-state index contributed by atoms with van der Waals surface area (Å²) in [6.45, 7) is 1.42. The zero-order valence-electron chi connectivity index (χ0n) is 20.0. The Balaban J connectivity index is 1.38. The van der Waals surface area contributed by atoms with Crippen LogP contribution in [0.5, 0.6) is 17.2 Å². The standard InChI is InChI=1S/C33H27O3/c1-4-11-26(12-5-1)23-34-30-21-19-29(20-22-30)31-17-10-18-32(35-24-27-13-6-2-7-14-27)33(31)36-25-28-15-8-3-9-16-28/h1-16,18-22H,23-25H2. The van der Waals surface area contributed by atoms with Gasteiger partial charge in [0.05, 0.1) is 0 Å². The van der Waals surface area contributed by atoms with E-state index >= 15 is 0 Å². The van der Waals surface area contributed by atoms with Gasteiger partial charge in [-0.25, -0.2) is 0 Å². The molecule has 0 saturated carbocycles. The molecule has 3 heteroatoms. The molecule has 36 heavy (non-hydrogen) atoms. The van der Waals surface area contributed by atoms with Gasteiger partial charge in [-0.05, 0) is 52.6 Å². The maximum Gasteiger partial charge on any atom is 0.170 e. The molecule has 5 aromatic rings. The van der Waals surface area contributed by atoms with Crippen LogP contribution < -0.4 is 14.2 Å². The van der Waals surface area contributed by atoms with E-state index in [-0.39, 0.29) is 0 Å². The number of hydrogen-bond donors (Lipinski definition) is 0. The topological polar surface area (TPSA) is 27.7 Å². The molecule has 0 bridgehead atoms. The average Bonchev–Trinajstić information content (AvgIpc) is 2.96. The Hall–Kier alpha value is -4.50. The first-order valence-electron chi connectivity index (χ1n) is 12.0. The summed E-state index contributed by atoms with van der Waals surface area (Å²) in [5, 5.41) is 0. The number of benzene rings is 5. The summed E-state index contributed by atoms with van der Waals surface area (Å²) in [5.74, 6) is 2.18. The molecule has 1 radical (unpaired) electrons. The maximum absolute atomic E-state index is 6.35. The first kappa shape index (κ1) is 23.3. The SMILES string of the molecule is [c]1ccc(OCc2ccccc2)c(OCc2ccccc2)c1-c1ccc(OCc2ccccc2)cc1. The highest BCUT2D eigenvalue weighted by Gasteiger charge is 2.14. The molecule has 0 N–H and O–H groups in total. The number of hydrogen-bond acceptors (Lipinski definition) is 3. The molecule has 0 aromatic heterocycles. The summed E-state index contributed by atoms with van der Waals surface area (Å²) in [6.07, 6.45) is 0. The highest BCUT2D eigenvalue weighted by molar-refractivity contribution is 5.73. The molecule has 0 heterocycles. The van der Waals surface area contributed by atoms with Crippen LogP contribution in [0.15, 0.2) is 127 Å². The van der Waals surface area contributed by atoms with Gasteiger partial charge in [-0.1, -0.05) is 103 Å². The summed E-state index contributed by atoms with van der Waals surface area (Å²) >= 11 is 0. The van der Waals surface area contributed by atoms with Crippen LogP contribution in [0.25, 0.3) is 11.1 Å². The van der Waals surface area contributed by atoms with Crippen molar-refractivity contribution >= 4 is 0 Å². The van der Waals surface area contributed by atoms with E-state index in [1.165, 1.54) is 0 Å². The van der Waals surface area contributed by atoms with Crippen molar-refractivity contribution in [2.45, 2.75) is 19.8 Å². The van der Waals surface area contributed by atoms with Crippen LogP contribution in [0.2, 0.25) is 0 Å². The second-order valence-corrected chi connectivity index (χ2v) is 8.39. The van der Waals surface area contributed by atoms with Gasteiger partial charge in [0.25, 0.3) is 0 Å². The Morgan fingerprint density at radius 1 is 0.472 bits per heavy atom. The summed E-state index contributed by atoms with van der Waals surface area (Å²) in [6, 6.07) is 45.6. The fraction of sp³-hybridized carbons (Fsp3) is 0.0909. The van der Waals surface area contributed by atoms with Gasteiger partial charge in [0.15, 0.2) is 11.5 Å². The summed E-state index contributed by atoms with van der Waals surface area (Å²) < 4.78 is 18.5. The van der Waals surface area contributed by atoms with E-state index < -0.39 is 0 Å². The summed E-state index contributed by atoms with van der Waals surface area (Å²) in [4.78, 5) is 0. The van der Waals surface area contributed by atoms with Crippen LogP contribution in [-0.4, -0.2) is 0 Å². The Bertz CT molecular complexity index is 1350. The smallest absolute Gasteiger partial charge is 0.170 e. The van der Waals surface area contributed by atoms with Crippen molar-refractivity contribution < 1.29 is 14.2 Å². The monoisotopic (exact) mass is 471 g/mol. The number of ether oxygens (including phenoxy) is 3. The normalized spacial score (nSPS) is 10.6. The predicted octanol–water partition coefficient (Wildman–Crippen LogP) is 7.89. The van der Waals surface area contributed by atoms with E-state index in [0.717, 1.165) is 33.6 Å². The van der Waals surface area contributed by atoms with Gasteiger partial charge in [0.2, 0.25) is 0 Å². The van der Waals surface area contributed by atoms with Crippen molar-refractivity contribution in [2.24, 2.45) is 0 Å². The summed E-state index contributed by atoms with van der Waals surface area (Å²) in [5.41, 5.74) is 5.16. The second-order valence-electron chi connectivity index (χ2n) is 8.39. The van der Waals surface area contributed by atoms with E-state index in [2.05, 4.69) is 42.5 Å². The van der Waals surface area contributed by atoms with Crippen LogP contribution in [-0.2, 0) is 19.8 Å². The molecule has 0 amide bonds. The molecule has 3 nitrogen and oxygen atoms in total. The quantitative estimate of drug-likeness (QED) is 0.207. The molecule has 177 valence electrons. The van der Waals surface area contributed by atoms with Crippen LogP contribution in [0, 0.1) is 6.07 Å². The zero-order chi connectivity index (χ0) is 24.4. The lowest BCUT2D eigenvalue weighted by atomic mass is 10.0. The van der Waals surface area contributed by atoms with Crippen molar-refractivity contribution in [3.63, 3.8) is 0 Å². The van der Waals surface area contributed by atoms with Crippen molar-refractivity contribution in [3.05, 3.63) is 150 Å². The number of rotatable bonds is 10. The van der Waals surface area contributed by atoms with E-state index in [0.29, 0.717) is 31.3 Å². The van der Waals surface area contributed by atoms with Gasteiger partial charge < -0.3 is 14.2 Å². The molecule has 0 spiro atoms. The van der Waals surface area contributed by atoms with Crippen molar-refractivity contribution in [1.82, 2.24) is 0 Å². The molecule has 0 aliphatic carbocycles. The molecule has 0 atom stereocenters. The van der Waals surface area contributed by atoms with Crippen molar-refractivity contribution in [3.8, 4) is 28.4 Å². The lowest BCUT2D eigenvalue weighted by molar-refractivity contribution is 0.257. The van der Waals surface area contributed by atoms with Gasteiger partial charge >= 0.3 is 0 Å². The molecule has 0 aliphatic rings. The summed E-state index contributed by atoms with van der Waals surface area (Å²) in [7, 11) is 0. The third-order valence-electron chi connectivity index (χ3n) is 5.77. The molecular formula is C33H27O3. The van der Waals surface area contributed by atoms with Crippen LogP contribution in [0.1, 0.15) is 16.7 Å². The lowest BCUT2D eigenvalue weighted by Gasteiger charge is -2.17. The van der Waals surface area contributed by atoms with Crippen LogP contribution in [0.4, 0.5) is 0 Å². The fourth-order valence-corrected chi connectivity index (χ4v) is 3.86. The van der Waals surface area contributed by atoms with E-state index in [9.17, 15) is 0 Å². The lowest BCUT2D eigenvalue weighted by Crippen LogP contribution is -2.02. The molecule has 5 aromatic carbocycles. The molecule has 0 unspecified atom stereocenters. The van der Waals surface area contributed by atoms with E-state index in [1.54, 1.807) is 0 Å². The Kier molecular flexibility index (Phi) is 7.60. The highest BCUT2D eigenvalue weighted by atomic mass is 16.5. The third kappa shape index (κ3) is 6.13. The molecule has 0 aliphatic heterocycles. The van der Waals surface area contributed by atoms with Gasteiger partial charge in [0.1, 0.15) is 25.6 Å². The van der Waals surface area contributed by atoms with Crippen molar-refractivity contribution in [1.29, 1.82) is 0 Å². The molecule has 0 saturated heterocycles. The van der Waals surface area contributed by atoms with Crippen LogP contribution >= 0.6 is 0 Å². The first-order chi connectivity index (χ1) is 17.8. The molecule has 0 fully saturated rings. The van der Waals surface area contributed by atoms with Crippen LogP contribution in [0.3, 0.4) is 0 Å².